The van der Waals surface area contributed by atoms with Crippen LogP contribution in [0, 0.1) is 0 Å². The molecule has 2 heterocycles. The molecule has 0 aromatic carbocycles. The molecule has 2 N–H and O–H groups in total. The molecule has 0 atom stereocenters. The minimum absolute atomic E-state index is 0.578. The van der Waals surface area contributed by atoms with E-state index in [1.165, 1.54) is 9.35 Å². The number of nitrogens with zero attached hydrogens (tertiary/aromatic N) is 3. The fourth-order valence-corrected chi connectivity index (χ4v) is 2.79. The summed E-state index contributed by atoms with van der Waals surface area (Å²) in [4.78, 5) is 2.27. The Morgan fingerprint density at radius 2 is 2.41 bits per heavy atom. The molecule has 0 unspecified atom stereocenters. The quantitative estimate of drug-likeness (QED) is 0.922. The van der Waals surface area contributed by atoms with Crippen LogP contribution in [0.5, 0.6) is 0 Å². The topological polar surface area (TPSA) is 47.1 Å². The lowest BCUT2D eigenvalue weighted by Crippen LogP contribution is -2.22. The monoisotopic (exact) mass is 314 g/mol. The van der Waals surface area contributed by atoms with Crippen molar-refractivity contribution in [3.63, 3.8) is 0 Å². The first kappa shape index (κ1) is 12.6. The maximum atomic E-state index is 5.56. The Bertz CT molecular complexity index is 479. The van der Waals surface area contributed by atoms with E-state index in [1.807, 2.05) is 16.9 Å². The van der Waals surface area contributed by atoms with Crippen molar-refractivity contribution in [2.45, 2.75) is 13.1 Å². The van der Waals surface area contributed by atoms with Gasteiger partial charge in [-0.15, -0.1) is 11.3 Å². The van der Waals surface area contributed by atoms with Gasteiger partial charge in [-0.25, -0.2) is 0 Å². The van der Waals surface area contributed by atoms with E-state index in [4.69, 9.17) is 5.73 Å². The molecule has 6 heteroatoms. The summed E-state index contributed by atoms with van der Waals surface area (Å²) in [6, 6.07) is 3.98. The molecule has 0 saturated heterocycles. The first-order valence-electron chi connectivity index (χ1n) is 5.34. The first-order chi connectivity index (χ1) is 8.13. The van der Waals surface area contributed by atoms with Crippen LogP contribution in [0.1, 0.15) is 5.56 Å². The summed E-state index contributed by atoms with van der Waals surface area (Å²) in [5.74, 6) is 0.578. The normalized spacial score (nSPS) is 11.2. The lowest BCUT2D eigenvalue weighted by molar-refractivity contribution is 0.306. The lowest BCUT2D eigenvalue weighted by Gasteiger charge is -2.15. The van der Waals surface area contributed by atoms with Gasteiger partial charge in [0.25, 0.3) is 0 Å². The Hall–Kier alpha value is -0.850. The summed E-state index contributed by atoms with van der Waals surface area (Å²) in [5, 5.41) is 6.33. The van der Waals surface area contributed by atoms with Crippen LogP contribution >= 0.6 is 27.3 Å². The minimum atomic E-state index is 0.578. The van der Waals surface area contributed by atoms with Crippen LogP contribution in [-0.4, -0.2) is 28.3 Å². The number of anilines is 1. The van der Waals surface area contributed by atoms with Crippen molar-refractivity contribution in [1.82, 2.24) is 14.7 Å². The number of hydrogen-bond donors (Lipinski definition) is 1. The van der Waals surface area contributed by atoms with Gasteiger partial charge in [0.2, 0.25) is 0 Å². The maximum absolute atomic E-state index is 5.56. The highest BCUT2D eigenvalue weighted by Gasteiger charge is 2.03. The molecule has 0 aliphatic carbocycles. The van der Waals surface area contributed by atoms with E-state index in [0.29, 0.717) is 5.82 Å². The smallest absolute Gasteiger partial charge is 0.145 e. The number of nitrogens with two attached hydrogens (primary N) is 1. The Morgan fingerprint density at radius 3 is 3.00 bits per heavy atom. The van der Waals surface area contributed by atoms with Crippen molar-refractivity contribution >= 4 is 33.1 Å². The van der Waals surface area contributed by atoms with E-state index < -0.39 is 0 Å². The van der Waals surface area contributed by atoms with Crippen LogP contribution in [0.2, 0.25) is 0 Å². The van der Waals surface area contributed by atoms with Crippen molar-refractivity contribution in [2.24, 2.45) is 0 Å². The van der Waals surface area contributed by atoms with Gasteiger partial charge < -0.3 is 10.6 Å². The first-order valence-corrected chi connectivity index (χ1v) is 7.01. The third-order valence-electron chi connectivity index (χ3n) is 2.45. The molecular weight excluding hydrogens is 300 g/mol. The molecule has 17 heavy (non-hydrogen) atoms. The van der Waals surface area contributed by atoms with Gasteiger partial charge in [0, 0.05) is 19.3 Å². The summed E-state index contributed by atoms with van der Waals surface area (Å²) in [5.41, 5.74) is 6.90. The van der Waals surface area contributed by atoms with E-state index >= 15 is 0 Å². The summed E-state index contributed by atoms with van der Waals surface area (Å²) in [6.07, 6.45) is 1.91. The van der Waals surface area contributed by atoms with Gasteiger partial charge in [0.05, 0.1) is 10.3 Å². The fraction of sp³-hybridized carbons (Fsp3) is 0.364. The molecule has 0 radical (unpaired) electrons. The van der Waals surface area contributed by atoms with E-state index in [0.717, 1.165) is 19.6 Å². The Balaban J connectivity index is 1.79. The molecule has 0 aliphatic rings. The van der Waals surface area contributed by atoms with Crippen molar-refractivity contribution in [1.29, 1.82) is 0 Å². The Labute approximate surface area is 113 Å². The number of nitrogen functional groups attached to an aromatic ring is 1. The number of aromatic nitrogens is 2. The SMILES string of the molecule is CN(CCn1ccc(N)n1)Cc1csc(Br)c1. The molecule has 0 aliphatic heterocycles. The standard InChI is InChI=1S/C11H15BrN4S/c1-15(7-9-6-10(12)17-8-9)4-5-16-3-2-11(13)14-16/h2-3,6,8H,4-5,7H2,1H3,(H2,13,14). The number of hydrogen-bond acceptors (Lipinski definition) is 4. The number of thiophene rings is 1. The molecule has 2 rings (SSSR count). The second-order valence-corrected chi connectivity index (χ2v) is 6.29. The predicted molar refractivity (Wildman–Crippen MR) is 75.0 cm³/mol. The van der Waals surface area contributed by atoms with Gasteiger partial charge in [-0.1, -0.05) is 0 Å². The van der Waals surface area contributed by atoms with E-state index in [2.05, 4.69) is 44.4 Å². The van der Waals surface area contributed by atoms with Gasteiger partial charge in [-0.05, 0) is 46.1 Å². The van der Waals surface area contributed by atoms with E-state index in [9.17, 15) is 0 Å². The van der Waals surface area contributed by atoms with Gasteiger partial charge in [0.15, 0.2) is 0 Å². The van der Waals surface area contributed by atoms with Crippen LogP contribution in [-0.2, 0) is 13.1 Å². The van der Waals surface area contributed by atoms with Crippen LogP contribution in [0.25, 0.3) is 0 Å². The zero-order valence-electron chi connectivity index (χ0n) is 9.64. The van der Waals surface area contributed by atoms with Crippen molar-refractivity contribution in [2.75, 3.05) is 19.3 Å². The van der Waals surface area contributed by atoms with Crippen LogP contribution in [0.3, 0.4) is 0 Å². The summed E-state index contributed by atoms with van der Waals surface area (Å²) < 4.78 is 3.05. The fourth-order valence-electron chi connectivity index (χ4n) is 1.59. The highest BCUT2D eigenvalue weighted by atomic mass is 79.9. The average Bonchev–Trinajstić information content (AvgIpc) is 2.85. The molecule has 0 spiro atoms. The predicted octanol–water partition coefficient (Wildman–Crippen LogP) is 2.42. The largest absolute Gasteiger partial charge is 0.382 e. The molecule has 2 aromatic rings. The number of halogens is 1. The summed E-state index contributed by atoms with van der Waals surface area (Å²) in [7, 11) is 2.11. The Morgan fingerprint density at radius 1 is 1.59 bits per heavy atom. The molecule has 0 saturated carbocycles. The number of rotatable bonds is 5. The highest BCUT2D eigenvalue weighted by Crippen LogP contribution is 2.21. The van der Waals surface area contributed by atoms with Crippen molar-refractivity contribution in [3.05, 3.63) is 33.1 Å². The molecule has 92 valence electrons. The van der Waals surface area contributed by atoms with E-state index in [1.54, 1.807) is 11.3 Å². The van der Waals surface area contributed by atoms with Gasteiger partial charge in [0.1, 0.15) is 5.82 Å². The summed E-state index contributed by atoms with van der Waals surface area (Å²) in [6.45, 7) is 2.77. The lowest BCUT2D eigenvalue weighted by atomic mass is 10.3. The van der Waals surface area contributed by atoms with Crippen molar-refractivity contribution < 1.29 is 0 Å². The Kier molecular flexibility index (Phi) is 4.20. The third kappa shape index (κ3) is 3.83. The van der Waals surface area contributed by atoms with Gasteiger partial charge >= 0.3 is 0 Å². The van der Waals surface area contributed by atoms with Crippen molar-refractivity contribution in [3.8, 4) is 0 Å². The van der Waals surface area contributed by atoms with E-state index in [-0.39, 0.29) is 0 Å². The molecule has 4 nitrogen and oxygen atoms in total. The molecule has 0 bridgehead atoms. The van der Waals surface area contributed by atoms with Gasteiger partial charge in [-0.3, -0.25) is 4.68 Å². The second-order valence-electron chi connectivity index (χ2n) is 4.00. The van der Waals surface area contributed by atoms with Crippen LogP contribution in [0.4, 0.5) is 5.82 Å². The zero-order chi connectivity index (χ0) is 12.3. The molecular formula is C11H15BrN4S. The molecule has 0 fully saturated rings. The second kappa shape index (κ2) is 5.66. The zero-order valence-corrected chi connectivity index (χ0v) is 12.0. The molecule has 0 amide bonds. The van der Waals surface area contributed by atoms with Gasteiger partial charge in [-0.2, -0.15) is 5.10 Å². The number of likely N-dealkylation sites (N-methyl/N-ethyl adjacent to an activating group) is 1. The third-order valence-corrected chi connectivity index (χ3v) is 4.00. The van der Waals surface area contributed by atoms with Crippen LogP contribution in [0.15, 0.2) is 27.5 Å². The van der Waals surface area contributed by atoms with Crippen LogP contribution < -0.4 is 5.73 Å². The minimum Gasteiger partial charge on any atom is -0.382 e. The average molecular weight is 315 g/mol. The highest BCUT2D eigenvalue weighted by molar-refractivity contribution is 9.11. The molecule has 2 aromatic heterocycles. The summed E-state index contributed by atoms with van der Waals surface area (Å²) >= 11 is 5.19. The maximum Gasteiger partial charge on any atom is 0.145 e.